The first-order valence-electron chi connectivity index (χ1n) is 9.76. The van der Waals surface area contributed by atoms with Crippen molar-refractivity contribution in [2.24, 2.45) is 0 Å². The molecule has 1 amide bonds. The number of carbonyl (C=O) groups is 2. The summed E-state index contributed by atoms with van der Waals surface area (Å²) in [5.41, 5.74) is 5.17. The average Bonchev–Trinajstić information content (AvgIpc) is 3.29. The third-order valence-electron chi connectivity index (χ3n) is 4.97. The van der Waals surface area contributed by atoms with Crippen LogP contribution < -0.4 is 11.2 Å². The van der Waals surface area contributed by atoms with E-state index in [1.54, 1.807) is 44.2 Å². The van der Waals surface area contributed by atoms with Gasteiger partial charge in [-0.2, -0.15) is 4.68 Å². The van der Waals surface area contributed by atoms with Gasteiger partial charge in [0.15, 0.2) is 5.78 Å². The van der Waals surface area contributed by atoms with Gasteiger partial charge in [-0.1, -0.05) is 18.2 Å². The van der Waals surface area contributed by atoms with E-state index >= 15 is 0 Å². The Morgan fingerprint density at radius 3 is 2.44 bits per heavy atom. The second-order valence-corrected chi connectivity index (χ2v) is 7.19. The fourth-order valence-electron chi connectivity index (χ4n) is 3.31. The summed E-state index contributed by atoms with van der Waals surface area (Å²) in [6.45, 7) is 3.10. The molecule has 0 saturated heterocycles. The Kier molecular flexibility index (Phi) is 5.55. The SMILES string of the molecule is Cc1cc(C(=O)Cn2nc(-c3ccc(F)cc3)oc2=O)c(C)n1NC(=O)c1ccccc1. The minimum Gasteiger partial charge on any atom is -0.388 e. The third-order valence-corrected chi connectivity index (χ3v) is 4.97. The fourth-order valence-corrected chi connectivity index (χ4v) is 3.31. The van der Waals surface area contributed by atoms with Crippen molar-refractivity contribution in [2.75, 3.05) is 5.43 Å². The minimum atomic E-state index is -0.802. The number of aromatic nitrogens is 3. The van der Waals surface area contributed by atoms with Gasteiger partial charge in [0.1, 0.15) is 12.4 Å². The van der Waals surface area contributed by atoms with Gasteiger partial charge in [-0.3, -0.25) is 19.7 Å². The second-order valence-electron chi connectivity index (χ2n) is 7.19. The first-order valence-corrected chi connectivity index (χ1v) is 9.76. The monoisotopic (exact) mass is 434 g/mol. The Balaban J connectivity index is 1.54. The molecule has 0 bridgehead atoms. The lowest BCUT2D eigenvalue weighted by Crippen LogP contribution is -2.25. The van der Waals surface area contributed by atoms with E-state index in [4.69, 9.17) is 4.42 Å². The van der Waals surface area contributed by atoms with Crippen LogP contribution in [0.15, 0.2) is 69.9 Å². The van der Waals surface area contributed by atoms with E-state index in [1.165, 1.54) is 28.9 Å². The summed E-state index contributed by atoms with van der Waals surface area (Å²) < 4.78 is 20.6. The van der Waals surface area contributed by atoms with Crippen LogP contribution in [0.5, 0.6) is 0 Å². The zero-order valence-electron chi connectivity index (χ0n) is 17.3. The van der Waals surface area contributed by atoms with Gasteiger partial charge in [0, 0.05) is 28.1 Å². The predicted octanol–water partition coefficient (Wildman–Crippen LogP) is 3.33. The molecule has 0 aliphatic carbocycles. The number of hydrogen-bond acceptors (Lipinski definition) is 5. The first kappa shape index (κ1) is 21.0. The van der Waals surface area contributed by atoms with Crippen LogP contribution in [0.1, 0.15) is 32.1 Å². The number of hydrogen-bond donors (Lipinski definition) is 1. The molecule has 0 unspecified atom stereocenters. The summed E-state index contributed by atoms with van der Waals surface area (Å²) in [5.74, 6) is -1.94. The van der Waals surface area contributed by atoms with Crippen LogP contribution in [-0.2, 0) is 6.54 Å². The molecule has 4 aromatic rings. The second kappa shape index (κ2) is 8.46. The van der Waals surface area contributed by atoms with E-state index in [0.29, 0.717) is 28.1 Å². The highest BCUT2D eigenvalue weighted by atomic mass is 19.1. The number of nitrogens with one attached hydrogen (secondary N) is 1. The predicted molar refractivity (Wildman–Crippen MR) is 115 cm³/mol. The van der Waals surface area contributed by atoms with E-state index in [9.17, 15) is 18.8 Å². The Morgan fingerprint density at radius 2 is 1.75 bits per heavy atom. The van der Waals surface area contributed by atoms with E-state index in [-0.39, 0.29) is 24.1 Å². The molecule has 9 heteroatoms. The van der Waals surface area contributed by atoms with Crippen molar-refractivity contribution in [1.29, 1.82) is 0 Å². The molecule has 0 radical (unpaired) electrons. The maximum atomic E-state index is 13.1. The summed E-state index contributed by atoms with van der Waals surface area (Å²) in [6, 6.07) is 15.6. The van der Waals surface area contributed by atoms with Gasteiger partial charge in [-0.25, -0.2) is 9.18 Å². The molecule has 0 spiro atoms. The maximum Gasteiger partial charge on any atom is 0.437 e. The normalized spacial score (nSPS) is 10.8. The minimum absolute atomic E-state index is 0.0107. The summed E-state index contributed by atoms with van der Waals surface area (Å²) in [4.78, 5) is 37.5. The van der Waals surface area contributed by atoms with Crippen molar-refractivity contribution >= 4 is 11.7 Å². The average molecular weight is 434 g/mol. The topological polar surface area (TPSA) is 99.1 Å². The Labute approximate surface area is 181 Å². The number of halogens is 1. The zero-order valence-corrected chi connectivity index (χ0v) is 17.3. The number of benzene rings is 2. The lowest BCUT2D eigenvalue weighted by atomic mass is 10.1. The molecule has 2 heterocycles. The highest BCUT2D eigenvalue weighted by molar-refractivity contribution is 6.01. The number of ketones is 1. The van der Waals surface area contributed by atoms with Crippen LogP contribution in [0, 0.1) is 19.7 Å². The van der Waals surface area contributed by atoms with Gasteiger partial charge in [-0.05, 0) is 56.3 Å². The highest BCUT2D eigenvalue weighted by Crippen LogP contribution is 2.18. The van der Waals surface area contributed by atoms with Gasteiger partial charge in [0.25, 0.3) is 5.91 Å². The molecule has 2 aromatic carbocycles. The van der Waals surface area contributed by atoms with Gasteiger partial charge in [0.2, 0.25) is 5.89 Å². The van der Waals surface area contributed by atoms with Crippen LogP contribution in [0.2, 0.25) is 0 Å². The van der Waals surface area contributed by atoms with E-state index in [0.717, 1.165) is 4.68 Å². The van der Waals surface area contributed by atoms with E-state index in [1.807, 2.05) is 6.07 Å². The third kappa shape index (κ3) is 4.13. The van der Waals surface area contributed by atoms with Crippen molar-refractivity contribution in [1.82, 2.24) is 14.5 Å². The van der Waals surface area contributed by atoms with Crippen molar-refractivity contribution in [3.63, 3.8) is 0 Å². The van der Waals surface area contributed by atoms with Crippen LogP contribution in [0.3, 0.4) is 0 Å². The van der Waals surface area contributed by atoms with Crippen molar-refractivity contribution in [3.05, 3.63) is 99.5 Å². The molecule has 2 aromatic heterocycles. The number of rotatable bonds is 6. The van der Waals surface area contributed by atoms with Gasteiger partial charge < -0.3 is 4.42 Å². The molecule has 0 aliphatic rings. The smallest absolute Gasteiger partial charge is 0.388 e. The highest BCUT2D eigenvalue weighted by Gasteiger charge is 2.20. The Hall–Kier alpha value is -4.27. The van der Waals surface area contributed by atoms with Gasteiger partial charge in [-0.15, -0.1) is 5.10 Å². The van der Waals surface area contributed by atoms with E-state index in [2.05, 4.69) is 10.5 Å². The van der Waals surface area contributed by atoms with Crippen molar-refractivity contribution in [2.45, 2.75) is 20.4 Å². The number of Topliss-reactive ketones (excluding diaryl/α,β-unsaturated/α-hetero) is 1. The Morgan fingerprint density at radius 1 is 1.06 bits per heavy atom. The van der Waals surface area contributed by atoms with Crippen molar-refractivity contribution in [3.8, 4) is 11.5 Å². The quantitative estimate of drug-likeness (QED) is 0.470. The molecule has 1 N–H and O–H groups in total. The lowest BCUT2D eigenvalue weighted by molar-refractivity contribution is 0.0961. The van der Waals surface area contributed by atoms with Crippen LogP contribution >= 0.6 is 0 Å². The summed E-state index contributed by atoms with van der Waals surface area (Å²) >= 11 is 0. The first-order chi connectivity index (χ1) is 15.3. The van der Waals surface area contributed by atoms with Crippen LogP contribution in [0.4, 0.5) is 4.39 Å². The maximum absolute atomic E-state index is 13.1. The summed E-state index contributed by atoms with van der Waals surface area (Å²) in [5, 5.41) is 4.04. The van der Waals surface area contributed by atoms with E-state index < -0.39 is 11.6 Å². The molecular weight excluding hydrogens is 415 g/mol. The zero-order chi connectivity index (χ0) is 22.8. The summed E-state index contributed by atoms with van der Waals surface area (Å²) in [6.07, 6.45) is 0. The lowest BCUT2D eigenvalue weighted by Gasteiger charge is -2.11. The number of aryl methyl sites for hydroxylation is 1. The molecule has 4 rings (SSSR count). The number of nitrogens with zero attached hydrogens (tertiary/aromatic N) is 3. The van der Waals surface area contributed by atoms with Crippen LogP contribution in [-0.4, -0.2) is 26.1 Å². The molecule has 0 atom stereocenters. The summed E-state index contributed by atoms with van der Waals surface area (Å²) in [7, 11) is 0. The molecule has 162 valence electrons. The van der Waals surface area contributed by atoms with Crippen LogP contribution in [0.25, 0.3) is 11.5 Å². The number of amides is 1. The molecule has 0 fully saturated rings. The Bertz CT molecular complexity index is 1350. The molecular formula is C23H19FN4O4. The fraction of sp³-hybridized carbons (Fsp3) is 0.130. The standard InChI is InChI=1S/C23H19FN4O4/c1-14-12-19(15(2)28(14)25-21(30)16-6-4-3-5-7-16)20(29)13-27-23(31)32-22(26-27)17-8-10-18(24)11-9-17/h3-12H,13H2,1-2H3,(H,25,30). The van der Waals surface area contributed by atoms with Crippen molar-refractivity contribution < 1.29 is 18.4 Å². The molecule has 32 heavy (non-hydrogen) atoms. The largest absolute Gasteiger partial charge is 0.437 e. The molecule has 0 saturated carbocycles. The van der Waals surface area contributed by atoms with Gasteiger partial charge in [0.05, 0.1) is 0 Å². The van der Waals surface area contributed by atoms with Gasteiger partial charge >= 0.3 is 5.76 Å². The molecule has 8 nitrogen and oxygen atoms in total. The number of carbonyl (C=O) groups excluding carboxylic acids is 2. The molecule has 0 aliphatic heterocycles.